The van der Waals surface area contributed by atoms with Crippen LogP contribution in [0.25, 0.3) is 16.8 Å². The molecule has 0 saturated heterocycles. The molecule has 2 aliphatic rings. The second-order valence-electron chi connectivity index (χ2n) is 18.5. The van der Waals surface area contributed by atoms with E-state index in [1.807, 2.05) is 106 Å². The maximum Gasteiger partial charge on any atom is 0.276 e. The van der Waals surface area contributed by atoms with E-state index < -0.39 is 33.3 Å². The summed E-state index contributed by atoms with van der Waals surface area (Å²) in [5.74, 6) is -1.77. The van der Waals surface area contributed by atoms with E-state index in [0.717, 1.165) is 44.6 Å². The Morgan fingerprint density at radius 3 is 2.07 bits per heavy atom. The summed E-state index contributed by atoms with van der Waals surface area (Å²) in [6.45, 7) is 9.66. The zero-order chi connectivity index (χ0) is 49.6. The molecule has 0 aliphatic carbocycles. The van der Waals surface area contributed by atoms with Crippen molar-refractivity contribution in [1.82, 2.24) is 24.3 Å². The van der Waals surface area contributed by atoms with Gasteiger partial charge in [-0.15, -0.1) is 0 Å². The first kappa shape index (κ1) is 48.9. The van der Waals surface area contributed by atoms with Crippen LogP contribution in [0.5, 0.6) is 0 Å². The van der Waals surface area contributed by atoms with E-state index >= 15 is 0 Å². The molecule has 3 amide bonds. The molecule has 0 fully saturated rings. The molecular weight excluding hydrogens is 987 g/mol. The van der Waals surface area contributed by atoms with Crippen molar-refractivity contribution in [3.05, 3.63) is 198 Å². The monoisotopic (exact) mass is 1030 g/mol. The number of rotatable bonds is 11. The summed E-state index contributed by atoms with van der Waals surface area (Å²) < 4.78 is 31.4. The van der Waals surface area contributed by atoms with Gasteiger partial charge in [0.2, 0.25) is 0 Å². The molecule has 0 spiro atoms. The number of benzene rings is 6. The number of hydrogen-bond acceptors (Lipinski definition) is 7. The third-order valence-electron chi connectivity index (χ3n) is 12.8. The number of hydrogen-bond donors (Lipinski definition) is 1. The van der Waals surface area contributed by atoms with Crippen LogP contribution < -0.4 is 9.62 Å². The van der Waals surface area contributed by atoms with E-state index in [1.54, 1.807) is 34.9 Å². The molecule has 1 N–H and O–H groups in total. The molecule has 0 atom stereocenters. The van der Waals surface area contributed by atoms with Gasteiger partial charge in [-0.1, -0.05) is 113 Å². The zero-order valence-electron chi connectivity index (χ0n) is 38.8. The third-order valence-corrected chi connectivity index (χ3v) is 15.6. The molecular formula is C54H48Cl4N6O5S. The lowest BCUT2D eigenvalue weighted by Gasteiger charge is -2.35. The van der Waals surface area contributed by atoms with Gasteiger partial charge in [0.1, 0.15) is 0 Å². The van der Waals surface area contributed by atoms with E-state index in [4.69, 9.17) is 51.5 Å². The smallest absolute Gasteiger partial charge is 0.276 e. The Balaban J connectivity index is 1.00. The predicted octanol–water partition coefficient (Wildman–Crippen LogP) is 11.8. The highest BCUT2D eigenvalue weighted by Gasteiger charge is 2.34. The molecule has 0 bridgehead atoms. The molecule has 1 aromatic heterocycles. The van der Waals surface area contributed by atoms with Crippen LogP contribution in [-0.2, 0) is 42.5 Å². The molecule has 6 aromatic carbocycles. The number of fused-ring (bicyclic) bond motifs is 2. The first-order valence-corrected chi connectivity index (χ1v) is 25.7. The van der Waals surface area contributed by atoms with E-state index in [-0.39, 0.29) is 39.0 Å². The van der Waals surface area contributed by atoms with Gasteiger partial charge in [0.15, 0.2) is 5.69 Å². The van der Waals surface area contributed by atoms with E-state index in [0.29, 0.717) is 59.8 Å². The summed E-state index contributed by atoms with van der Waals surface area (Å²) in [4.78, 5) is 48.9. The number of sulfonamides is 1. The van der Waals surface area contributed by atoms with Gasteiger partial charge >= 0.3 is 0 Å². The summed E-state index contributed by atoms with van der Waals surface area (Å²) in [7, 11) is -4.37. The zero-order valence-corrected chi connectivity index (χ0v) is 42.6. The predicted molar refractivity (Wildman–Crippen MR) is 277 cm³/mol. The Labute approximate surface area is 427 Å². The summed E-state index contributed by atoms with van der Waals surface area (Å²) in [6, 6.07) is 38.0. The quantitative estimate of drug-likeness (QED) is 0.137. The Hall–Kier alpha value is -6.15. The maximum atomic E-state index is 14.8. The normalized spacial score (nSPS) is 13.5. The van der Waals surface area contributed by atoms with Crippen LogP contribution in [0.1, 0.15) is 85.5 Å². The minimum absolute atomic E-state index is 0.0167. The highest BCUT2D eigenvalue weighted by molar-refractivity contribution is 7.90. The third kappa shape index (κ3) is 10.1. The largest absolute Gasteiger partial charge is 0.367 e. The van der Waals surface area contributed by atoms with Gasteiger partial charge in [-0.25, -0.2) is 17.8 Å². The lowest BCUT2D eigenvalue weighted by Crippen LogP contribution is -2.45. The van der Waals surface area contributed by atoms with Crippen molar-refractivity contribution < 1.29 is 22.8 Å². The van der Waals surface area contributed by atoms with Crippen molar-refractivity contribution in [2.24, 2.45) is 0 Å². The molecule has 70 heavy (non-hydrogen) atoms. The molecule has 2 aliphatic heterocycles. The van der Waals surface area contributed by atoms with Crippen LogP contribution >= 0.6 is 46.4 Å². The second-order valence-corrected chi connectivity index (χ2v) is 21.9. The van der Waals surface area contributed by atoms with Crippen molar-refractivity contribution in [2.75, 3.05) is 18.0 Å². The highest BCUT2D eigenvalue weighted by Crippen LogP contribution is 2.34. The van der Waals surface area contributed by atoms with Crippen molar-refractivity contribution in [2.45, 2.75) is 70.6 Å². The van der Waals surface area contributed by atoms with Gasteiger partial charge in [0, 0.05) is 54.5 Å². The number of halogens is 4. The number of carbonyl (C=O) groups excluding carboxylic acids is 3. The van der Waals surface area contributed by atoms with E-state index in [1.165, 1.54) is 28.9 Å². The molecule has 3 heterocycles. The van der Waals surface area contributed by atoms with Gasteiger partial charge in [-0.2, -0.15) is 5.10 Å². The standard InChI is InChI=1S/C54H48Cl4N6O5S/c1-33-49(58)50(53(67)63(54(2,3)4)31-34-9-12-37(13-10-34)38-14-17-42(55)18-15-38)59-64(33)48-21-16-40(29-44(48)52(66)62-26-23-36-7-5-6-8-41(36)32-62)51(65)60-70(68,69)43-19-22-47-39(28-43)24-25-61(47)30-35-11-20-45(56)46(57)27-35/h5-22,27-29H,23-26,30-32H2,1-4H3,(H,60,65). The average Bonchev–Trinajstić information content (AvgIpc) is 3.89. The van der Waals surface area contributed by atoms with Crippen LogP contribution in [0.4, 0.5) is 5.69 Å². The Kier molecular flexibility index (Phi) is 13.7. The first-order chi connectivity index (χ1) is 33.3. The molecule has 0 saturated carbocycles. The summed E-state index contributed by atoms with van der Waals surface area (Å²) in [6.07, 6.45) is 1.21. The number of nitrogens with one attached hydrogen (secondary N) is 1. The van der Waals surface area contributed by atoms with E-state index in [2.05, 4.69) is 9.62 Å². The molecule has 0 unspecified atom stereocenters. The van der Waals surface area contributed by atoms with Gasteiger partial charge in [0.05, 0.1) is 36.9 Å². The molecule has 11 nitrogen and oxygen atoms in total. The Bertz CT molecular complexity index is 3320. The minimum Gasteiger partial charge on any atom is -0.367 e. The number of aromatic nitrogens is 2. The fourth-order valence-corrected chi connectivity index (χ4v) is 10.6. The topological polar surface area (TPSA) is 125 Å². The van der Waals surface area contributed by atoms with Crippen molar-refractivity contribution in [3.63, 3.8) is 0 Å². The van der Waals surface area contributed by atoms with Gasteiger partial charge in [0.25, 0.3) is 27.7 Å². The fourth-order valence-electron chi connectivity index (χ4n) is 8.97. The number of amides is 3. The number of carbonyl (C=O) groups is 3. The molecule has 358 valence electrons. The lowest BCUT2D eigenvalue weighted by atomic mass is 9.98. The molecule has 16 heteroatoms. The van der Waals surface area contributed by atoms with Crippen molar-refractivity contribution >= 4 is 79.8 Å². The first-order valence-electron chi connectivity index (χ1n) is 22.7. The average molecular weight is 1030 g/mol. The van der Waals surface area contributed by atoms with Crippen LogP contribution in [0.2, 0.25) is 20.1 Å². The van der Waals surface area contributed by atoms with E-state index in [9.17, 15) is 22.8 Å². The Morgan fingerprint density at radius 2 is 1.37 bits per heavy atom. The Morgan fingerprint density at radius 1 is 0.714 bits per heavy atom. The number of nitrogens with zero attached hydrogens (tertiary/aromatic N) is 5. The second kappa shape index (κ2) is 19.6. The lowest BCUT2D eigenvalue weighted by molar-refractivity contribution is 0.0552. The molecule has 7 aromatic rings. The van der Waals surface area contributed by atoms with Crippen LogP contribution in [0.15, 0.2) is 132 Å². The van der Waals surface area contributed by atoms with Crippen molar-refractivity contribution in [1.29, 1.82) is 0 Å². The minimum atomic E-state index is -4.37. The molecule has 9 rings (SSSR count). The summed E-state index contributed by atoms with van der Waals surface area (Å²) in [5, 5.41) is 6.45. The van der Waals surface area contributed by atoms with Crippen LogP contribution in [-0.4, -0.2) is 64.3 Å². The molecule has 0 radical (unpaired) electrons. The van der Waals surface area contributed by atoms with Crippen LogP contribution in [0, 0.1) is 6.92 Å². The number of anilines is 1. The SMILES string of the molecule is Cc1c(Cl)c(C(=O)N(Cc2ccc(-c3ccc(Cl)cc3)cc2)C(C)(C)C)nn1-c1ccc(C(=O)NS(=O)(=O)c2ccc3c(c2)CCN3Cc2ccc(Cl)c(Cl)c2)cc1C(=O)N1CCc2ccccc2C1. The van der Waals surface area contributed by atoms with Gasteiger partial charge in [-0.05, 0) is 140 Å². The maximum absolute atomic E-state index is 14.8. The highest BCUT2D eigenvalue weighted by atomic mass is 35.5. The van der Waals surface area contributed by atoms with Gasteiger partial charge < -0.3 is 14.7 Å². The fraction of sp³-hybridized carbons (Fsp3) is 0.222. The summed E-state index contributed by atoms with van der Waals surface area (Å²) >= 11 is 25.5. The van der Waals surface area contributed by atoms with Crippen molar-refractivity contribution in [3.8, 4) is 16.8 Å². The van der Waals surface area contributed by atoms with Crippen LogP contribution in [0.3, 0.4) is 0 Å². The van der Waals surface area contributed by atoms with Gasteiger partial charge in [-0.3, -0.25) is 14.4 Å². The summed E-state index contributed by atoms with van der Waals surface area (Å²) in [5.41, 5.74) is 7.62.